The summed E-state index contributed by atoms with van der Waals surface area (Å²) in [6.45, 7) is 11.2. The Morgan fingerprint density at radius 1 is 1.18 bits per heavy atom. The van der Waals surface area contributed by atoms with Crippen LogP contribution in [0.15, 0.2) is 9.76 Å². The summed E-state index contributed by atoms with van der Waals surface area (Å²) >= 11 is 11.0. The molecule has 2 saturated heterocycles. The van der Waals surface area contributed by atoms with Crippen molar-refractivity contribution in [2.24, 2.45) is 0 Å². The number of thioether (sulfide) groups is 1. The van der Waals surface area contributed by atoms with Crippen LogP contribution in [-0.2, 0) is 9.31 Å². The lowest BCUT2D eigenvalue weighted by Gasteiger charge is -2.37. The summed E-state index contributed by atoms with van der Waals surface area (Å²) < 4.78 is 27.9. The second kappa shape index (κ2) is 9.76. The van der Waals surface area contributed by atoms with E-state index in [2.05, 4.69) is 58.5 Å². The largest absolute Gasteiger partial charge is 0.457 e. The van der Waals surface area contributed by atoms with Gasteiger partial charge in [0.15, 0.2) is 16.1 Å². The zero-order chi connectivity index (χ0) is 24.0. The molecule has 2 aromatic heterocycles. The molecule has 0 bridgehead atoms. The molecule has 0 unspecified atom stereocenters. The average molecular weight is 560 g/mol. The van der Waals surface area contributed by atoms with E-state index in [0.717, 1.165) is 44.3 Å². The molecule has 1 atom stereocenters. The number of hydrogen-bond donors (Lipinski definition) is 0. The topological polar surface area (TPSA) is 60.4 Å². The van der Waals surface area contributed by atoms with E-state index in [1.54, 1.807) is 0 Å². The first-order chi connectivity index (χ1) is 15.5. The maximum atomic E-state index is 15.0. The Bertz CT molecular complexity index is 1030. The number of nitrogens with zero attached hydrogens (tertiary/aromatic N) is 4. The van der Waals surface area contributed by atoms with E-state index < -0.39 is 5.82 Å². The molecule has 2 aromatic rings. The molecular formula is C22H30BBrClFN4O2S. The van der Waals surface area contributed by atoms with Gasteiger partial charge in [-0.1, -0.05) is 30.3 Å². The highest BCUT2D eigenvalue weighted by Gasteiger charge is 2.50. The highest BCUT2D eigenvalue weighted by Crippen LogP contribution is 2.40. The molecule has 0 aromatic carbocycles. The van der Waals surface area contributed by atoms with Crippen molar-refractivity contribution in [3.8, 4) is 0 Å². The molecule has 2 aliphatic rings. The van der Waals surface area contributed by atoms with Gasteiger partial charge < -0.3 is 14.2 Å². The average Bonchev–Trinajstić information content (AvgIpc) is 2.96. The van der Waals surface area contributed by atoms with Gasteiger partial charge in [-0.2, -0.15) is 0 Å². The van der Waals surface area contributed by atoms with Crippen molar-refractivity contribution >= 4 is 63.1 Å². The Morgan fingerprint density at radius 3 is 2.55 bits per heavy atom. The lowest BCUT2D eigenvalue weighted by Crippen LogP contribution is -2.41. The number of rotatable bonds is 6. The molecule has 180 valence electrons. The van der Waals surface area contributed by atoms with Crippen LogP contribution in [-0.4, -0.2) is 51.6 Å². The maximum Gasteiger partial charge on any atom is 0.457 e. The SMILES string of the molecule is CCSc1nc(N2CCCC[C@H]2CCB2OC(C)(C)C(C)(C)O2)c2c(Br)nc(Cl)c(F)c2n1. The maximum absolute atomic E-state index is 15.0. The Kier molecular flexibility index (Phi) is 7.52. The molecule has 0 amide bonds. The lowest BCUT2D eigenvalue weighted by molar-refractivity contribution is 0.00578. The van der Waals surface area contributed by atoms with E-state index in [0.29, 0.717) is 21.0 Å². The number of fused-ring (bicyclic) bond motifs is 1. The number of hydrogen-bond acceptors (Lipinski definition) is 7. The number of halogens is 3. The van der Waals surface area contributed by atoms with E-state index in [4.69, 9.17) is 25.9 Å². The Morgan fingerprint density at radius 2 is 1.88 bits per heavy atom. The van der Waals surface area contributed by atoms with Crippen molar-refractivity contribution in [2.75, 3.05) is 17.2 Å². The van der Waals surface area contributed by atoms with Crippen LogP contribution in [0.25, 0.3) is 10.9 Å². The summed E-state index contributed by atoms with van der Waals surface area (Å²) in [5, 5.41) is 0.922. The normalized spacial score (nSPS) is 22.4. The van der Waals surface area contributed by atoms with Crippen molar-refractivity contribution in [3.05, 3.63) is 15.6 Å². The minimum Gasteiger partial charge on any atom is -0.403 e. The van der Waals surface area contributed by atoms with Crippen molar-refractivity contribution in [1.82, 2.24) is 15.0 Å². The third-order valence-corrected chi connectivity index (χ3v) is 8.43. The molecule has 2 aliphatic heterocycles. The van der Waals surface area contributed by atoms with Gasteiger partial charge in [-0.3, -0.25) is 0 Å². The zero-order valence-corrected chi connectivity index (χ0v) is 22.9. The van der Waals surface area contributed by atoms with Crippen LogP contribution in [0.5, 0.6) is 0 Å². The fourth-order valence-corrected chi connectivity index (χ4v) is 5.84. The summed E-state index contributed by atoms with van der Waals surface area (Å²) in [4.78, 5) is 15.8. The summed E-state index contributed by atoms with van der Waals surface area (Å²) in [5.41, 5.74) is -0.475. The third-order valence-electron chi connectivity index (χ3n) is 6.87. The van der Waals surface area contributed by atoms with Gasteiger partial charge in [-0.15, -0.1) is 0 Å². The molecule has 2 fully saturated rings. The molecule has 33 heavy (non-hydrogen) atoms. The number of pyridine rings is 1. The van der Waals surface area contributed by atoms with Crippen LogP contribution < -0.4 is 4.90 Å². The van der Waals surface area contributed by atoms with Crippen LogP contribution in [0.3, 0.4) is 0 Å². The predicted octanol–water partition coefficient (Wildman–Crippen LogP) is 6.53. The van der Waals surface area contributed by atoms with Gasteiger partial charge >= 0.3 is 7.12 Å². The molecular weight excluding hydrogens is 530 g/mol. The van der Waals surface area contributed by atoms with Gasteiger partial charge in [-0.05, 0) is 81.4 Å². The summed E-state index contributed by atoms with van der Waals surface area (Å²) in [6, 6.07) is 0.237. The molecule has 6 nitrogen and oxygen atoms in total. The smallest absolute Gasteiger partial charge is 0.403 e. The first-order valence-electron chi connectivity index (χ1n) is 11.5. The van der Waals surface area contributed by atoms with Crippen molar-refractivity contribution in [2.45, 2.75) is 89.0 Å². The molecule has 0 aliphatic carbocycles. The third kappa shape index (κ3) is 5.01. The van der Waals surface area contributed by atoms with Crippen LogP contribution in [0.4, 0.5) is 10.2 Å². The summed E-state index contributed by atoms with van der Waals surface area (Å²) in [5.74, 6) is 0.893. The quantitative estimate of drug-likeness (QED) is 0.173. The molecule has 0 N–H and O–H groups in total. The van der Waals surface area contributed by atoms with Crippen LogP contribution in [0.2, 0.25) is 11.5 Å². The molecule has 4 heterocycles. The molecule has 11 heteroatoms. The fourth-order valence-electron chi connectivity index (χ4n) is 4.46. The van der Waals surface area contributed by atoms with E-state index in [-0.39, 0.29) is 35.0 Å². The highest BCUT2D eigenvalue weighted by atomic mass is 79.9. The Labute approximate surface area is 213 Å². The molecule has 4 rings (SSSR count). The lowest BCUT2D eigenvalue weighted by atomic mass is 9.80. The second-order valence-corrected chi connectivity index (χ2v) is 11.9. The van der Waals surface area contributed by atoms with E-state index >= 15 is 0 Å². The summed E-state index contributed by atoms with van der Waals surface area (Å²) in [6.07, 6.45) is 4.90. The van der Waals surface area contributed by atoms with E-state index in [1.807, 2.05) is 6.92 Å². The predicted molar refractivity (Wildman–Crippen MR) is 137 cm³/mol. The first kappa shape index (κ1) is 25.4. The van der Waals surface area contributed by atoms with Gasteiger partial charge in [0.1, 0.15) is 15.9 Å². The second-order valence-electron chi connectivity index (χ2n) is 9.60. The molecule has 0 radical (unpaired) electrons. The van der Waals surface area contributed by atoms with Gasteiger partial charge in [0.05, 0.1) is 16.6 Å². The molecule has 0 saturated carbocycles. The Hall–Kier alpha value is -0.675. The minimum atomic E-state index is -0.609. The van der Waals surface area contributed by atoms with E-state index in [9.17, 15) is 4.39 Å². The van der Waals surface area contributed by atoms with Gasteiger partial charge in [0.2, 0.25) is 0 Å². The highest BCUT2D eigenvalue weighted by molar-refractivity contribution is 9.10. The van der Waals surface area contributed by atoms with Crippen molar-refractivity contribution in [1.29, 1.82) is 0 Å². The zero-order valence-electron chi connectivity index (χ0n) is 19.8. The first-order valence-corrected chi connectivity index (χ1v) is 13.7. The summed E-state index contributed by atoms with van der Waals surface area (Å²) in [7, 11) is -0.239. The van der Waals surface area contributed by atoms with Crippen LogP contribution >= 0.6 is 39.3 Å². The minimum absolute atomic E-state index is 0.192. The van der Waals surface area contributed by atoms with Gasteiger partial charge in [0, 0.05) is 12.6 Å². The number of anilines is 1. The fraction of sp³-hybridized carbons (Fsp3) is 0.682. The molecule has 0 spiro atoms. The number of aromatic nitrogens is 3. The van der Waals surface area contributed by atoms with Crippen LogP contribution in [0.1, 0.15) is 60.3 Å². The van der Waals surface area contributed by atoms with Gasteiger partial charge in [0.25, 0.3) is 0 Å². The van der Waals surface area contributed by atoms with Crippen LogP contribution in [0, 0.1) is 5.82 Å². The standard InChI is InChI=1S/C22H30BBrClFN4O2S/c1-6-33-20-27-16-14(17(24)28-18(25)15(16)26)19(29-20)30-12-8-7-9-13(30)10-11-23-31-21(2,3)22(4,5)32-23/h13H,6-12H2,1-5H3/t13-/m0/s1. The van der Waals surface area contributed by atoms with Crippen molar-refractivity contribution < 1.29 is 13.7 Å². The van der Waals surface area contributed by atoms with E-state index in [1.165, 1.54) is 11.8 Å². The van der Waals surface area contributed by atoms with Crippen molar-refractivity contribution in [3.63, 3.8) is 0 Å². The van der Waals surface area contributed by atoms with Gasteiger partial charge in [-0.25, -0.2) is 19.3 Å². The number of piperidine rings is 1. The monoisotopic (exact) mass is 558 g/mol. The Balaban J connectivity index is 1.66.